The van der Waals surface area contributed by atoms with Crippen molar-refractivity contribution in [3.8, 4) is 0 Å². The summed E-state index contributed by atoms with van der Waals surface area (Å²) in [7, 11) is 2.68. The maximum absolute atomic E-state index is 12.1. The van der Waals surface area contributed by atoms with Gasteiger partial charge in [-0.3, -0.25) is 0 Å². The summed E-state index contributed by atoms with van der Waals surface area (Å²) in [5, 5.41) is 0. The summed E-state index contributed by atoms with van der Waals surface area (Å²) in [5.41, 5.74) is 0.939. The first kappa shape index (κ1) is 14.3. The van der Waals surface area contributed by atoms with Crippen molar-refractivity contribution in [1.82, 2.24) is 0 Å². The quantitative estimate of drug-likeness (QED) is 0.401. The normalized spacial score (nSPS) is 41.0. The van der Waals surface area contributed by atoms with E-state index in [-0.39, 0.29) is 11.8 Å². The summed E-state index contributed by atoms with van der Waals surface area (Å²) in [4.78, 5) is 24.8. The highest BCUT2D eigenvalue weighted by atomic mass is 79.9. The Balaban J connectivity index is 2.11. The molecule has 4 aliphatic carbocycles. The largest absolute Gasteiger partial charge is 0.466 e. The molecule has 0 aliphatic heterocycles. The molecular weight excluding hydrogens is 392 g/mol. The lowest BCUT2D eigenvalue weighted by Crippen LogP contribution is -2.60. The van der Waals surface area contributed by atoms with Crippen molar-refractivity contribution in [3.05, 3.63) is 23.3 Å². The predicted octanol–water partition coefficient (Wildman–Crippen LogP) is 2.22. The molecule has 0 aromatic heterocycles. The third-order valence-corrected chi connectivity index (χ3v) is 7.68. The van der Waals surface area contributed by atoms with Gasteiger partial charge in [-0.15, -0.1) is 0 Å². The molecule has 2 bridgehead atoms. The van der Waals surface area contributed by atoms with E-state index in [9.17, 15) is 9.59 Å². The Morgan fingerprint density at radius 3 is 1.55 bits per heavy atom. The Kier molecular flexibility index (Phi) is 3.57. The Hall–Kier alpha value is -0.620. The fraction of sp³-hybridized carbons (Fsp3) is 0.571. The minimum atomic E-state index is -0.430. The van der Waals surface area contributed by atoms with Crippen molar-refractivity contribution >= 4 is 43.8 Å². The van der Waals surface area contributed by atoms with Crippen molar-refractivity contribution < 1.29 is 19.1 Å². The van der Waals surface area contributed by atoms with Crippen molar-refractivity contribution in [1.29, 1.82) is 0 Å². The highest BCUT2D eigenvalue weighted by molar-refractivity contribution is 9.12. The Morgan fingerprint density at radius 2 is 1.25 bits per heavy atom. The zero-order valence-electron chi connectivity index (χ0n) is 11.0. The number of halogens is 2. The first-order valence-electron chi connectivity index (χ1n) is 6.40. The number of carbonyl (C=O) groups is 2. The lowest BCUT2D eigenvalue weighted by atomic mass is 9.51. The number of carbonyl (C=O) groups excluding carboxylic acids is 2. The van der Waals surface area contributed by atoms with Crippen LogP contribution >= 0.6 is 31.9 Å². The van der Waals surface area contributed by atoms with Crippen LogP contribution < -0.4 is 0 Å². The van der Waals surface area contributed by atoms with E-state index >= 15 is 0 Å². The van der Waals surface area contributed by atoms with Crippen LogP contribution in [0.25, 0.3) is 0 Å². The molecule has 0 amide bonds. The molecule has 20 heavy (non-hydrogen) atoms. The molecule has 108 valence electrons. The molecule has 0 saturated heterocycles. The fourth-order valence-corrected chi connectivity index (χ4v) is 5.79. The summed E-state index contributed by atoms with van der Waals surface area (Å²) < 4.78 is 9.74. The molecule has 0 aromatic rings. The molecule has 6 atom stereocenters. The van der Waals surface area contributed by atoms with Gasteiger partial charge in [0.25, 0.3) is 0 Å². The van der Waals surface area contributed by atoms with Crippen LogP contribution in [0.15, 0.2) is 23.3 Å². The molecule has 0 aromatic carbocycles. The molecule has 0 unspecified atom stereocenters. The van der Waals surface area contributed by atoms with Crippen molar-refractivity contribution in [2.75, 3.05) is 14.2 Å². The van der Waals surface area contributed by atoms with E-state index in [1.54, 1.807) is 0 Å². The summed E-state index contributed by atoms with van der Waals surface area (Å²) in [6.45, 7) is 0. The van der Waals surface area contributed by atoms with Crippen LogP contribution in [0.1, 0.15) is 0 Å². The van der Waals surface area contributed by atoms with Gasteiger partial charge in [-0.1, -0.05) is 44.0 Å². The number of alkyl halides is 2. The van der Waals surface area contributed by atoms with E-state index in [4.69, 9.17) is 9.47 Å². The lowest BCUT2D eigenvalue weighted by molar-refractivity contribution is -0.141. The maximum atomic E-state index is 12.1. The number of esters is 2. The van der Waals surface area contributed by atoms with Crippen LogP contribution in [-0.2, 0) is 19.1 Å². The first-order chi connectivity index (χ1) is 9.52. The minimum absolute atomic E-state index is 0.0790. The van der Waals surface area contributed by atoms with Crippen LogP contribution in [0.3, 0.4) is 0 Å². The van der Waals surface area contributed by atoms with E-state index in [1.807, 2.05) is 12.2 Å². The molecule has 4 nitrogen and oxygen atoms in total. The predicted molar refractivity (Wildman–Crippen MR) is 79.6 cm³/mol. The monoisotopic (exact) mass is 404 g/mol. The first-order valence-corrected chi connectivity index (χ1v) is 8.23. The molecule has 1 fully saturated rings. The molecule has 0 N–H and O–H groups in total. The second kappa shape index (κ2) is 4.98. The average molecular weight is 406 g/mol. The number of rotatable bonds is 2. The van der Waals surface area contributed by atoms with E-state index in [0.717, 1.165) is 0 Å². The summed E-state index contributed by atoms with van der Waals surface area (Å²) in [6, 6.07) is 0. The molecule has 4 aliphatic rings. The highest BCUT2D eigenvalue weighted by Crippen LogP contribution is 2.61. The van der Waals surface area contributed by atoms with Crippen LogP contribution in [-0.4, -0.2) is 35.8 Å². The van der Waals surface area contributed by atoms with Gasteiger partial charge in [0.2, 0.25) is 0 Å². The summed E-state index contributed by atoms with van der Waals surface area (Å²) in [6.07, 6.45) is 4.05. The Morgan fingerprint density at radius 1 is 0.900 bits per heavy atom. The van der Waals surface area contributed by atoms with Crippen LogP contribution in [0.2, 0.25) is 0 Å². The minimum Gasteiger partial charge on any atom is -0.466 e. The summed E-state index contributed by atoms with van der Waals surface area (Å²) >= 11 is 7.34. The van der Waals surface area contributed by atoms with Gasteiger partial charge >= 0.3 is 11.9 Å². The zero-order valence-corrected chi connectivity index (χ0v) is 14.2. The molecule has 0 radical (unpaired) electrons. The van der Waals surface area contributed by atoms with Crippen LogP contribution in [0.5, 0.6) is 0 Å². The van der Waals surface area contributed by atoms with Crippen molar-refractivity contribution in [2.24, 2.45) is 23.7 Å². The zero-order chi connectivity index (χ0) is 14.6. The van der Waals surface area contributed by atoms with Gasteiger partial charge in [-0.05, 0) is 11.8 Å². The second-order valence-electron chi connectivity index (χ2n) is 5.29. The molecular formula is C14H14Br2O4. The van der Waals surface area contributed by atoms with E-state index in [1.165, 1.54) is 14.2 Å². The average Bonchev–Trinajstić information content (AvgIpc) is 2.50. The van der Waals surface area contributed by atoms with Gasteiger partial charge < -0.3 is 9.47 Å². The third-order valence-electron chi connectivity index (χ3n) is 4.61. The lowest BCUT2D eigenvalue weighted by Gasteiger charge is -2.58. The number of methoxy groups -OCH3 is 2. The molecule has 0 spiro atoms. The molecule has 1 saturated carbocycles. The van der Waals surface area contributed by atoms with E-state index in [0.29, 0.717) is 32.6 Å². The van der Waals surface area contributed by atoms with E-state index in [2.05, 4.69) is 31.9 Å². The molecule has 4 rings (SSSR count). The van der Waals surface area contributed by atoms with Gasteiger partial charge in [0.15, 0.2) is 0 Å². The van der Waals surface area contributed by atoms with E-state index < -0.39 is 11.9 Å². The summed E-state index contributed by atoms with van der Waals surface area (Å²) in [5.74, 6) is -0.384. The highest BCUT2D eigenvalue weighted by Gasteiger charge is 2.61. The van der Waals surface area contributed by atoms with Crippen molar-refractivity contribution in [2.45, 2.75) is 9.65 Å². The number of allylic oxidation sites excluding steroid dienone is 2. The van der Waals surface area contributed by atoms with Crippen LogP contribution in [0, 0.1) is 23.7 Å². The van der Waals surface area contributed by atoms with Gasteiger partial charge in [0.05, 0.1) is 25.4 Å². The number of hydrogen-bond donors (Lipinski definition) is 0. The number of ether oxygens (including phenoxy) is 2. The standard InChI is InChI=1S/C14H14Br2O4/c1-19-13(17)9-5-3-4-6(10(9)14(18)20-2)8-7(5)11(15)12(8)16/h3-8,11-12H,1-2H3/t5-,6+,7-,8-,11-,12+/m1/s1. The fourth-order valence-electron chi connectivity index (χ4n) is 3.72. The van der Waals surface area contributed by atoms with Gasteiger partial charge in [-0.25, -0.2) is 9.59 Å². The van der Waals surface area contributed by atoms with Gasteiger partial charge in [0, 0.05) is 21.5 Å². The maximum Gasteiger partial charge on any atom is 0.334 e. The third kappa shape index (κ3) is 1.70. The van der Waals surface area contributed by atoms with Crippen molar-refractivity contribution in [3.63, 3.8) is 0 Å². The SMILES string of the molecule is COC(=O)C1=C(C(=O)OC)[C@@H]2C=C[C@H]1[C@H]1[C@H](Br)[C@H](Br)[C@@H]12. The Labute approximate surface area is 133 Å². The van der Waals surface area contributed by atoms with Crippen LogP contribution in [0.4, 0.5) is 0 Å². The molecule has 0 heterocycles. The second-order valence-corrected chi connectivity index (χ2v) is 7.41. The smallest absolute Gasteiger partial charge is 0.334 e. The van der Waals surface area contributed by atoms with Gasteiger partial charge in [0.1, 0.15) is 0 Å². The topological polar surface area (TPSA) is 52.6 Å². The Bertz CT molecular complexity index is 493. The number of hydrogen-bond acceptors (Lipinski definition) is 4. The molecule has 6 heteroatoms. The van der Waals surface area contributed by atoms with Gasteiger partial charge in [-0.2, -0.15) is 0 Å².